The molecule has 0 saturated carbocycles. The van der Waals surface area contributed by atoms with Crippen LogP contribution in [0.3, 0.4) is 0 Å². The van der Waals surface area contributed by atoms with Gasteiger partial charge in [0.25, 0.3) is 0 Å². The second kappa shape index (κ2) is 5.39. The van der Waals surface area contributed by atoms with Crippen LogP contribution in [0.1, 0.15) is 27.2 Å². The van der Waals surface area contributed by atoms with Gasteiger partial charge in [-0.2, -0.15) is 0 Å². The van der Waals surface area contributed by atoms with Crippen molar-refractivity contribution in [3.8, 4) is 0 Å². The lowest BCUT2D eigenvalue weighted by Crippen LogP contribution is -2.43. The van der Waals surface area contributed by atoms with Gasteiger partial charge < -0.3 is 14.7 Å². The number of carbonyl (C=O) groups is 2. The average Bonchev–Trinajstić information content (AvgIpc) is 2.57. The molecule has 1 saturated heterocycles. The van der Waals surface area contributed by atoms with Gasteiger partial charge in [0.05, 0.1) is 5.41 Å². The van der Waals surface area contributed by atoms with Crippen LogP contribution in [-0.2, 0) is 9.53 Å². The summed E-state index contributed by atoms with van der Waals surface area (Å²) >= 11 is 0. The van der Waals surface area contributed by atoms with Crippen molar-refractivity contribution in [1.29, 1.82) is 0 Å². The van der Waals surface area contributed by atoms with Gasteiger partial charge in [-0.15, -0.1) is 0 Å². The van der Waals surface area contributed by atoms with E-state index in [2.05, 4.69) is 19.6 Å². The van der Waals surface area contributed by atoms with Crippen molar-refractivity contribution in [3.05, 3.63) is 0 Å². The molecule has 116 valence electrons. The molecule has 1 atom stereocenters. The predicted molar refractivity (Wildman–Crippen MR) is 80.6 cm³/mol. The van der Waals surface area contributed by atoms with Crippen molar-refractivity contribution in [1.82, 2.24) is 4.90 Å². The average molecular weight is 301 g/mol. The maximum atomic E-state index is 12.1. The summed E-state index contributed by atoms with van der Waals surface area (Å²) in [6.45, 7) is 12.6. The molecule has 20 heavy (non-hydrogen) atoms. The second-order valence-corrected chi connectivity index (χ2v) is 13.4. The molecule has 1 rings (SSSR count). The molecular weight excluding hydrogens is 274 g/mol. The SMILES string of the molecule is CC(C)(C)OC(=O)N1CCC(C[Si](C)(C)C)(C(=O)O)C1. The van der Waals surface area contributed by atoms with Crippen LogP contribution in [0.4, 0.5) is 4.79 Å². The first-order valence-electron chi connectivity index (χ1n) is 7.06. The molecule has 1 fully saturated rings. The van der Waals surface area contributed by atoms with Gasteiger partial charge in [0.15, 0.2) is 0 Å². The molecule has 0 aromatic heterocycles. The molecule has 1 aliphatic rings. The minimum Gasteiger partial charge on any atom is -0.481 e. The summed E-state index contributed by atoms with van der Waals surface area (Å²) in [5, 5.41) is 9.60. The summed E-state index contributed by atoms with van der Waals surface area (Å²) in [6.07, 6.45) is 0.113. The van der Waals surface area contributed by atoms with Crippen LogP contribution in [0.2, 0.25) is 25.7 Å². The van der Waals surface area contributed by atoms with E-state index in [1.165, 1.54) is 0 Å². The van der Waals surface area contributed by atoms with Crippen LogP contribution >= 0.6 is 0 Å². The largest absolute Gasteiger partial charge is 0.481 e. The lowest BCUT2D eigenvalue weighted by atomic mass is 9.90. The number of carboxylic acids is 1. The molecule has 0 aliphatic carbocycles. The van der Waals surface area contributed by atoms with Crippen molar-refractivity contribution in [2.24, 2.45) is 5.41 Å². The van der Waals surface area contributed by atoms with Crippen LogP contribution < -0.4 is 0 Å². The molecule has 0 aromatic carbocycles. The summed E-state index contributed by atoms with van der Waals surface area (Å²) in [7, 11) is -1.53. The van der Waals surface area contributed by atoms with E-state index in [0.29, 0.717) is 19.0 Å². The molecule has 0 bridgehead atoms. The molecule has 6 heteroatoms. The minimum atomic E-state index is -1.53. The van der Waals surface area contributed by atoms with Crippen molar-refractivity contribution in [2.45, 2.75) is 58.5 Å². The van der Waals surface area contributed by atoms with Gasteiger partial charge in [-0.3, -0.25) is 4.79 Å². The Hall–Kier alpha value is -1.04. The highest BCUT2D eigenvalue weighted by atomic mass is 28.3. The lowest BCUT2D eigenvalue weighted by molar-refractivity contribution is -0.147. The molecule has 0 spiro atoms. The Morgan fingerprint density at radius 1 is 1.30 bits per heavy atom. The lowest BCUT2D eigenvalue weighted by Gasteiger charge is -2.31. The quantitative estimate of drug-likeness (QED) is 0.814. The highest BCUT2D eigenvalue weighted by Gasteiger charge is 2.49. The molecule has 5 nitrogen and oxygen atoms in total. The molecule has 0 aromatic rings. The Balaban J connectivity index is 2.81. The van der Waals surface area contributed by atoms with E-state index in [9.17, 15) is 14.7 Å². The zero-order valence-electron chi connectivity index (χ0n) is 13.4. The fourth-order valence-corrected chi connectivity index (χ4v) is 5.23. The molecule has 1 unspecified atom stereocenters. The Kier molecular flexibility index (Phi) is 4.58. The van der Waals surface area contributed by atoms with E-state index in [1.807, 2.05) is 20.8 Å². The Morgan fingerprint density at radius 2 is 1.85 bits per heavy atom. The predicted octanol–water partition coefficient (Wildman–Crippen LogP) is 3.04. The van der Waals surface area contributed by atoms with Gasteiger partial charge in [0.2, 0.25) is 0 Å². The van der Waals surface area contributed by atoms with E-state index >= 15 is 0 Å². The summed E-state index contributed by atoms with van der Waals surface area (Å²) in [5.74, 6) is -0.786. The third-order valence-corrected chi connectivity index (χ3v) is 5.07. The van der Waals surface area contributed by atoms with E-state index in [0.717, 1.165) is 0 Å². The molecular formula is C14H27NO4Si. The van der Waals surface area contributed by atoms with Gasteiger partial charge in [0, 0.05) is 21.2 Å². The van der Waals surface area contributed by atoms with Crippen molar-refractivity contribution >= 4 is 20.1 Å². The highest BCUT2D eigenvalue weighted by molar-refractivity contribution is 6.76. The van der Waals surface area contributed by atoms with Crippen LogP contribution in [-0.4, -0.2) is 48.8 Å². The van der Waals surface area contributed by atoms with Gasteiger partial charge in [-0.1, -0.05) is 19.6 Å². The van der Waals surface area contributed by atoms with Gasteiger partial charge in [0.1, 0.15) is 5.60 Å². The number of carboxylic acid groups (broad SMARTS) is 1. The van der Waals surface area contributed by atoms with E-state index in [-0.39, 0.29) is 6.54 Å². The fraction of sp³-hybridized carbons (Fsp3) is 0.857. The number of likely N-dealkylation sites (tertiary alicyclic amines) is 1. The summed E-state index contributed by atoms with van der Waals surface area (Å²) in [6, 6.07) is 0.689. The Labute approximate surface area is 122 Å². The van der Waals surface area contributed by atoms with Crippen LogP contribution in [0, 0.1) is 5.41 Å². The van der Waals surface area contributed by atoms with E-state index in [4.69, 9.17) is 4.74 Å². The number of amides is 1. The monoisotopic (exact) mass is 301 g/mol. The topological polar surface area (TPSA) is 66.8 Å². The van der Waals surface area contributed by atoms with Crippen LogP contribution in [0.25, 0.3) is 0 Å². The van der Waals surface area contributed by atoms with Crippen LogP contribution in [0.15, 0.2) is 0 Å². The third-order valence-electron chi connectivity index (χ3n) is 3.33. The maximum absolute atomic E-state index is 12.1. The first kappa shape index (κ1) is 17.0. The van der Waals surface area contributed by atoms with Crippen molar-refractivity contribution < 1.29 is 19.4 Å². The summed E-state index contributed by atoms with van der Waals surface area (Å²) < 4.78 is 5.33. The fourth-order valence-electron chi connectivity index (χ4n) is 2.76. The van der Waals surface area contributed by atoms with Gasteiger partial charge >= 0.3 is 12.1 Å². The second-order valence-electron chi connectivity index (χ2n) is 7.97. The molecule has 1 aliphatic heterocycles. The third kappa shape index (κ3) is 4.51. The maximum Gasteiger partial charge on any atom is 0.410 e. The molecule has 1 heterocycles. The van der Waals surface area contributed by atoms with Crippen molar-refractivity contribution in [2.75, 3.05) is 13.1 Å². The van der Waals surface area contributed by atoms with Gasteiger partial charge in [-0.05, 0) is 33.2 Å². The van der Waals surface area contributed by atoms with E-state index < -0.39 is 31.2 Å². The molecule has 0 radical (unpaired) electrons. The van der Waals surface area contributed by atoms with Gasteiger partial charge in [-0.25, -0.2) is 4.79 Å². The number of nitrogens with zero attached hydrogens (tertiary/aromatic N) is 1. The Morgan fingerprint density at radius 3 is 2.25 bits per heavy atom. The minimum absolute atomic E-state index is 0.265. The number of ether oxygens (including phenoxy) is 1. The first-order valence-corrected chi connectivity index (χ1v) is 10.8. The number of rotatable bonds is 3. The number of aliphatic carboxylic acids is 1. The van der Waals surface area contributed by atoms with Crippen molar-refractivity contribution in [3.63, 3.8) is 0 Å². The Bertz CT molecular complexity index is 397. The highest BCUT2D eigenvalue weighted by Crippen LogP contribution is 2.39. The smallest absolute Gasteiger partial charge is 0.410 e. The van der Waals surface area contributed by atoms with Crippen LogP contribution in [0.5, 0.6) is 0 Å². The number of hydrogen-bond donors (Lipinski definition) is 1. The molecule has 1 amide bonds. The summed E-state index contributed by atoms with van der Waals surface area (Å²) in [4.78, 5) is 25.3. The van der Waals surface area contributed by atoms with E-state index in [1.54, 1.807) is 4.90 Å². The standard InChI is InChI=1S/C14H27NO4Si/c1-13(2,3)19-12(18)15-8-7-14(9-15,11(16)17)10-20(4,5)6/h7-10H2,1-6H3,(H,16,17). The zero-order valence-corrected chi connectivity index (χ0v) is 14.4. The number of carbonyl (C=O) groups excluding carboxylic acids is 1. The zero-order chi connectivity index (χ0) is 15.8. The summed E-state index contributed by atoms with van der Waals surface area (Å²) in [5.41, 5.74) is -1.34. The normalized spacial score (nSPS) is 23.8. The molecule has 1 N–H and O–H groups in total. The first-order chi connectivity index (χ1) is 8.85. The number of hydrogen-bond acceptors (Lipinski definition) is 3.